The molecule has 0 fully saturated rings. The van der Waals surface area contributed by atoms with E-state index < -0.39 is 6.04 Å². The monoisotopic (exact) mass is 216 g/mol. The van der Waals surface area contributed by atoms with Crippen molar-refractivity contribution in [3.05, 3.63) is 0 Å². The zero-order valence-corrected chi connectivity index (χ0v) is 10.4. The first-order valence-corrected chi connectivity index (χ1v) is 5.51. The summed E-state index contributed by atoms with van der Waals surface area (Å²) in [6, 6.07) is -0.174. The first-order valence-electron chi connectivity index (χ1n) is 5.51. The number of carbonyl (C=O) groups is 1. The van der Waals surface area contributed by atoms with Gasteiger partial charge in [-0.2, -0.15) is 0 Å². The number of hydrogen-bond acceptors (Lipinski definition) is 3. The molecule has 0 bridgehead atoms. The highest BCUT2D eigenvalue weighted by atomic mass is 16.5. The van der Waals surface area contributed by atoms with Crippen LogP contribution in [-0.4, -0.2) is 30.7 Å². The second-order valence-electron chi connectivity index (χ2n) is 4.56. The second-order valence-corrected chi connectivity index (χ2v) is 4.56. The van der Waals surface area contributed by atoms with E-state index in [2.05, 4.69) is 19.2 Å². The second kappa shape index (κ2) is 6.80. The SMILES string of the molecule is CC(C)NC(COC(C)C(C)C)C(N)=O. The Hall–Kier alpha value is -0.610. The molecule has 90 valence electrons. The number of hydrogen-bond donors (Lipinski definition) is 2. The molecule has 2 unspecified atom stereocenters. The normalized spacial score (nSPS) is 15.7. The smallest absolute Gasteiger partial charge is 0.236 e. The van der Waals surface area contributed by atoms with Crippen LogP contribution in [0.3, 0.4) is 0 Å². The topological polar surface area (TPSA) is 64.3 Å². The Kier molecular flexibility index (Phi) is 6.52. The van der Waals surface area contributed by atoms with Crippen LogP contribution >= 0.6 is 0 Å². The molecule has 0 aliphatic carbocycles. The number of carbonyl (C=O) groups excluding carboxylic acids is 1. The molecule has 3 N–H and O–H groups in total. The summed E-state index contributed by atoms with van der Waals surface area (Å²) in [4.78, 5) is 11.1. The molecule has 0 saturated heterocycles. The zero-order chi connectivity index (χ0) is 12.0. The third-order valence-corrected chi connectivity index (χ3v) is 2.34. The van der Waals surface area contributed by atoms with E-state index in [1.54, 1.807) is 0 Å². The first kappa shape index (κ1) is 14.4. The van der Waals surface area contributed by atoms with E-state index in [9.17, 15) is 4.79 Å². The van der Waals surface area contributed by atoms with E-state index >= 15 is 0 Å². The molecule has 0 spiro atoms. The number of nitrogens with one attached hydrogen (secondary N) is 1. The predicted octanol–water partition coefficient (Wildman–Crippen LogP) is 0.899. The summed E-state index contributed by atoms with van der Waals surface area (Å²) in [5, 5.41) is 3.07. The van der Waals surface area contributed by atoms with Crippen molar-refractivity contribution in [1.29, 1.82) is 0 Å². The van der Waals surface area contributed by atoms with Crippen LogP contribution in [0.2, 0.25) is 0 Å². The summed E-state index contributed by atoms with van der Waals surface area (Å²) >= 11 is 0. The fourth-order valence-corrected chi connectivity index (χ4v) is 1.06. The fraction of sp³-hybridized carbons (Fsp3) is 0.909. The van der Waals surface area contributed by atoms with E-state index in [1.165, 1.54) is 0 Å². The maximum absolute atomic E-state index is 11.1. The molecule has 0 rings (SSSR count). The van der Waals surface area contributed by atoms with Crippen LogP contribution in [0.1, 0.15) is 34.6 Å². The number of nitrogens with two attached hydrogens (primary N) is 1. The van der Waals surface area contributed by atoms with Gasteiger partial charge in [-0.1, -0.05) is 27.7 Å². The molecular weight excluding hydrogens is 192 g/mol. The molecule has 0 saturated carbocycles. The van der Waals surface area contributed by atoms with Crippen LogP contribution in [0.25, 0.3) is 0 Å². The Morgan fingerprint density at radius 2 is 1.80 bits per heavy atom. The number of primary amides is 1. The number of rotatable bonds is 7. The van der Waals surface area contributed by atoms with Gasteiger partial charge in [0, 0.05) is 6.04 Å². The molecule has 4 nitrogen and oxygen atoms in total. The van der Waals surface area contributed by atoms with Crippen molar-refractivity contribution in [2.24, 2.45) is 11.7 Å². The molecule has 0 radical (unpaired) electrons. The summed E-state index contributed by atoms with van der Waals surface area (Å²) in [5.41, 5.74) is 5.27. The molecule has 0 aromatic heterocycles. The average molecular weight is 216 g/mol. The van der Waals surface area contributed by atoms with Gasteiger partial charge in [-0.05, 0) is 12.8 Å². The van der Waals surface area contributed by atoms with Crippen LogP contribution < -0.4 is 11.1 Å². The Bertz CT molecular complexity index is 193. The molecule has 15 heavy (non-hydrogen) atoms. The van der Waals surface area contributed by atoms with Gasteiger partial charge < -0.3 is 15.8 Å². The van der Waals surface area contributed by atoms with Gasteiger partial charge in [-0.3, -0.25) is 4.79 Å². The summed E-state index contributed by atoms with van der Waals surface area (Å²) in [6.07, 6.45) is 0.140. The molecule has 1 amide bonds. The summed E-state index contributed by atoms with van der Waals surface area (Å²) in [7, 11) is 0. The number of ether oxygens (including phenoxy) is 1. The minimum Gasteiger partial charge on any atom is -0.376 e. The summed E-state index contributed by atoms with van der Waals surface area (Å²) in [6.45, 7) is 10.5. The molecule has 0 aromatic carbocycles. The molecule has 0 heterocycles. The van der Waals surface area contributed by atoms with Crippen LogP contribution in [0.15, 0.2) is 0 Å². The van der Waals surface area contributed by atoms with Crippen LogP contribution in [0, 0.1) is 5.92 Å². The average Bonchev–Trinajstić information content (AvgIpc) is 2.10. The van der Waals surface area contributed by atoms with Gasteiger partial charge in [0.05, 0.1) is 12.7 Å². The van der Waals surface area contributed by atoms with E-state index in [0.29, 0.717) is 12.5 Å². The first-order chi connectivity index (χ1) is 6.84. The maximum atomic E-state index is 11.1. The Balaban J connectivity index is 4.02. The van der Waals surface area contributed by atoms with Crippen molar-refractivity contribution in [2.45, 2.75) is 52.8 Å². The van der Waals surface area contributed by atoms with Crippen molar-refractivity contribution in [2.75, 3.05) is 6.61 Å². The van der Waals surface area contributed by atoms with Gasteiger partial charge in [0.15, 0.2) is 0 Å². The fourth-order valence-electron chi connectivity index (χ4n) is 1.06. The van der Waals surface area contributed by atoms with Crippen molar-refractivity contribution in [3.63, 3.8) is 0 Å². The van der Waals surface area contributed by atoms with E-state index in [0.717, 1.165) is 0 Å². The molecule has 0 aliphatic rings. The van der Waals surface area contributed by atoms with Crippen molar-refractivity contribution in [3.8, 4) is 0 Å². The molecule has 4 heteroatoms. The quantitative estimate of drug-likeness (QED) is 0.664. The van der Waals surface area contributed by atoms with E-state index in [1.807, 2.05) is 20.8 Å². The van der Waals surface area contributed by atoms with Crippen molar-refractivity contribution >= 4 is 5.91 Å². The molecule has 2 atom stereocenters. The third-order valence-electron chi connectivity index (χ3n) is 2.34. The summed E-state index contributed by atoms with van der Waals surface area (Å²) in [5.74, 6) is 0.0808. The minimum absolute atomic E-state index is 0.140. The molecule has 0 aliphatic heterocycles. The lowest BCUT2D eigenvalue weighted by atomic mass is 10.1. The van der Waals surface area contributed by atoms with Crippen LogP contribution in [0.4, 0.5) is 0 Å². The largest absolute Gasteiger partial charge is 0.376 e. The van der Waals surface area contributed by atoms with Crippen molar-refractivity contribution < 1.29 is 9.53 Å². The third kappa shape index (κ3) is 6.47. The maximum Gasteiger partial charge on any atom is 0.236 e. The van der Waals surface area contributed by atoms with Gasteiger partial charge in [-0.25, -0.2) is 0 Å². The number of amides is 1. The van der Waals surface area contributed by atoms with E-state index in [4.69, 9.17) is 10.5 Å². The lowest BCUT2D eigenvalue weighted by Gasteiger charge is -2.22. The van der Waals surface area contributed by atoms with Gasteiger partial charge in [0.25, 0.3) is 0 Å². The standard InChI is InChI=1S/C11H24N2O2/c1-7(2)9(5)15-6-10(11(12)14)13-8(3)4/h7-10,13H,6H2,1-5H3,(H2,12,14). The zero-order valence-electron chi connectivity index (χ0n) is 10.4. The highest BCUT2D eigenvalue weighted by molar-refractivity contribution is 5.80. The van der Waals surface area contributed by atoms with E-state index in [-0.39, 0.29) is 18.1 Å². The predicted molar refractivity (Wildman–Crippen MR) is 61.5 cm³/mol. The lowest BCUT2D eigenvalue weighted by Crippen LogP contribution is -2.48. The van der Waals surface area contributed by atoms with Gasteiger partial charge in [-0.15, -0.1) is 0 Å². The Morgan fingerprint density at radius 3 is 2.13 bits per heavy atom. The lowest BCUT2D eigenvalue weighted by molar-refractivity contribution is -0.122. The highest BCUT2D eigenvalue weighted by Gasteiger charge is 2.18. The van der Waals surface area contributed by atoms with Crippen LogP contribution in [0.5, 0.6) is 0 Å². The van der Waals surface area contributed by atoms with Gasteiger partial charge >= 0.3 is 0 Å². The Morgan fingerprint density at radius 1 is 1.27 bits per heavy atom. The Labute approximate surface area is 92.6 Å². The highest BCUT2D eigenvalue weighted by Crippen LogP contribution is 2.05. The van der Waals surface area contributed by atoms with Gasteiger partial charge in [0.2, 0.25) is 5.91 Å². The van der Waals surface area contributed by atoms with Gasteiger partial charge in [0.1, 0.15) is 6.04 Å². The van der Waals surface area contributed by atoms with Crippen LogP contribution in [-0.2, 0) is 9.53 Å². The molecule has 0 aromatic rings. The molecular formula is C11H24N2O2. The minimum atomic E-state index is -0.397. The summed E-state index contributed by atoms with van der Waals surface area (Å²) < 4.78 is 5.56. The van der Waals surface area contributed by atoms with Crippen molar-refractivity contribution in [1.82, 2.24) is 5.32 Å².